The second-order valence-electron chi connectivity index (χ2n) is 7.55. The summed E-state index contributed by atoms with van der Waals surface area (Å²) in [5, 5.41) is 3.58. The summed E-state index contributed by atoms with van der Waals surface area (Å²) in [5.74, 6) is -0.405. The van der Waals surface area contributed by atoms with Crippen molar-refractivity contribution in [3.05, 3.63) is 72.6 Å². The second kappa shape index (κ2) is 8.58. The summed E-state index contributed by atoms with van der Waals surface area (Å²) in [6.07, 6.45) is 2.64. The van der Waals surface area contributed by atoms with Crippen LogP contribution >= 0.6 is 0 Å². The fraction of sp³-hybridized carbons (Fsp3) is 0.120. The van der Waals surface area contributed by atoms with Crippen LogP contribution < -0.4 is 11.1 Å². The molecule has 0 saturated heterocycles. The molecule has 8 heteroatoms. The SMILES string of the molecule is C=CC(=O)Nc1cc(C)ccc1-c1c(-c2ccc(C(=O)OC)cc2)c2c(N)ncnc2n1C. The number of nitrogen functional groups attached to an aromatic ring is 1. The van der Waals surface area contributed by atoms with Crippen molar-refractivity contribution in [2.75, 3.05) is 18.2 Å². The molecule has 2 aromatic heterocycles. The van der Waals surface area contributed by atoms with Gasteiger partial charge in [0, 0.05) is 18.2 Å². The fourth-order valence-corrected chi connectivity index (χ4v) is 3.91. The third kappa shape index (κ3) is 3.82. The molecule has 3 N–H and O–H groups in total. The molecule has 0 aliphatic rings. The molecule has 166 valence electrons. The summed E-state index contributed by atoms with van der Waals surface area (Å²) in [4.78, 5) is 32.7. The average Bonchev–Trinajstić information content (AvgIpc) is 3.12. The molecule has 4 rings (SSSR count). The molecule has 4 aromatic rings. The van der Waals surface area contributed by atoms with Crippen LogP contribution in [0.4, 0.5) is 11.5 Å². The van der Waals surface area contributed by atoms with Crippen LogP contribution in [0.1, 0.15) is 15.9 Å². The maximum atomic E-state index is 12.1. The number of anilines is 2. The van der Waals surface area contributed by atoms with Gasteiger partial charge in [-0.15, -0.1) is 0 Å². The Morgan fingerprint density at radius 1 is 1.15 bits per heavy atom. The lowest BCUT2D eigenvalue weighted by molar-refractivity contribution is -0.111. The summed E-state index contributed by atoms with van der Waals surface area (Å²) in [7, 11) is 3.23. The fourth-order valence-electron chi connectivity index (χ4n) is 3.91. The number of aromatic nitrogens is 3. The zero-order valence-electron chi connectivity index (χ0n) is 18.5. The number of aryl methyl sites for hydroxylation is 2. The van der Waals surface area contributed by atoms with E-state index < -0.39 is 5.97 Å². The lowest BCUT2D eigenvalue weighted by Crippen LogP contribution is -2.09. The van der Waals surface area contributed by atoms with Crippen molar-refractivity contribution in [2.24, 2.45) is 7.05 Å². The maximum absolute atomic E-state index is 12.1. The van der Waals surface area contributed by atoms with Crippen LogP contribution in [0, 0.1) is 6.92 Å². The Morgan fingerprint density at radius 2 is 1.88 bits per heavy atom. The van der Waals surface area contributed by atoms with E-state index in [1.807, 2.05) is 48.9 Å². The summed E-state index contributed by atoms with van der Waals surface area (Å²) in [6, 6.07) is 12.8. The Hall–Kier alpha value is -4.46. The summed E-state index contributed by atoms with van der Waals surface area (Å²) in [5.41, 5.74) is 12.2. The van der Waals surface area contributed by atoms with Crippen molar-refractivity contribution in [3.8, 4) is 22.4 Å². The predicted molar refractivity (Wildman–Crippen MR) is 129 cm³/mol. The van der Waals surface area contributed by atoms with Gasteiger partial charge in [-0.3, -0.25) is 4.79 Å². The van der Waals surface area contributed by atoms with E-state index in [9.17, 15) is 9.59 Å². The molecular formula is C25H23N5O3. The maximum Gasteiger partial charge on any atom is 0.337 e. The second-order valence-corrected chi connectivity index (χ2v) is 7.55. The number of carbonyl (C=O) groups is 2. The molecule has 0 radical (unpaired) electrons. The van der Waals surface area contributed by atoms with E-state index >= 15 is 0 Å². The van der Waals surface area contributed by atoms with Gasteiger partial charge < -0.3 is 20.4 Å². The smallest absolute Gasteiger partial charge is 0.337 e. The lowest BCUT2D eigenvalue weighted by atomic mass is 9.96. The number of carbonyl (C=O) groups excluding carboxylic acids is 2. The van der Waals surface area contributed by atoms with Crippen LogP contribution in [0.2, 0.25) is 0 Å². The van der Waals surface area contributed by atoms with Gasteiger partial charge in [-0.25, -0.2) is 14.8 Å². The molecule has 2 heterocycles. The molecular weight excluding hydrogens is 418 g/mol. The number of nitrogens with one attached hydrogen (secondary N) is 1. The predicted octanol–water partition coefficient (Wildman–Crippen LogP) is 4.10. The normalized spacial score (nSPS) is 10.8. The highest BCUT2D eigenvalue weighted by molar-refractivity contribution is 6.10. The summed E-state index contributed by atoms with van der Waals surface area (Å²) >= 11 is 0. The van der Waals surface area contributed by atoms with Crippen molar-refractivity contribution in [1.29, 1.82) is 0 Å². The van der Waals surface area contributed by atoms with E-state index in [1.54, 1.807) is 12.1 Å². The van der Waals surface area contributed by atoms with E-state index in [0.29, 0.717) is 28.1 Å². The van der Waals surface area contributed by atoms with Gasteiger partial charge in [0.25, 0.3) is 0 Å². The Kier molecular flexibility index (Phi) is 5.66. The monoisotopic (exact) mass is 441 g/mol. The van der Waals surface area contributed by atoms with E-state index in [2.05, 4.69) is 21.9 Å². The number of hydrogen-bond acceptors (Lipinski definition) is 6. The van der Waals surface area contributed by atoms with Gasteiger partial charge in [-0.2, -0.15) is 0 Å². The molecule has 0 spiro atoms. The number of benzene rings is 2. The molecule has 0 unspecified atom stereocenters. The minimum Gasteiger partial charge on any atom is -0.465 e. The van der Waals surface area contributed by atoms with Gasteiger partial charge in [-0.1, -0.05) is 30.8 Å². The molecule has 8 nitrogen and oxygen atoms in total. The minimum atomic E-state index is -0.421. The van der Waals surface area contributed by atoms with Crippen molar-refractivity contribution in [2.45, 2.75) is 6.92 Å². The number of ether oxygens (including phenoxy) is 1. The zero-order valence-corrected chi connectivity index (χ0v) is 18.5. The number of methoxy groups -OCH3 is 1. The third-order valence-electron chi connectivity index (χ3n) is 5.46. The Balaban J connectivity index is 2.04. The Bertz CT molecular complexity index is 1400. The molecule has 0 atom stereocenters. The van der Waals surface area contributed by atoms with Gasteiger partial charge >= 0.3 is 5.97 Å². The van der Waals surface area contributed by atoms with E-state index in [-0.39, 0.29) is 5.91 Å². The molecule has 0 bridgehead atoms. The first-order valence-electron chi connectivity index (χ1n) is 10.2. The van der Waals surface area contributed by atoms with Crippen molar-refractivity contribution < 1.29 is 14.3 Å². The number of rotatable bonds is 5. The standard InChI is InChI=1S/C25H23N5O3/c1-5-19(31)29-18-12-14(2)6-11-17(18)22-20(15-7-9-16(10-8-15)25(32)33-4)21-23(26)27-13-28-24(21)30(22)3/h5-13H,1H2,2-4H3,(H,29,31)(H2,26,27,28). The van der Waals surface area contributed by atoms with Crippen LogP contribution in [-0.4, -0.2) is 33.5 Å². The summed E-state index contributed by atoms with van der Waals surface area (Å²) in [6.45, 7) is 5.50. The number of nitrogens with zero attached hydrogens (tertiary/aromatic N) is 3. The first-order chi connectivity index (χ1) is 15.8. The topological polar surface area (TPSA) is 112 Å². The highest BCUT2D eigenvalue weighted by Gasteiger charge is 2.24. The van der Waals surface area contributed by atoms with Gasteiger partial charge in [-0.05, 0) is 42.3 Å². The van der Waals surface area contributed by atoms with Crippen LogP contribution in [0.3, 0.4) is 0 Å². The van der Waals surface area contributed by atoms with Gasteiger partial charge in [0.05, 0.1) is 29.4 Å². The molecule has 0 aliphatic carbocycles. The van der Waals surface area contributed by atoms with Gasteiger partial charge in [0.2, 0.25) is 5.91 Å². The van der Waals surface area contributed by atoms with E-state index in [1.165, 1.54) is 19.5 Å². The summed E-state index contributed by atoms with van der Waals surface area (Å²) < 4.78 is 6.73. The number of nitrogens with two attached hydrogens (primary N) is 1. The number of hydrogen-bond donors (Lipinski definition) is 2. The van der Waals surface area contributed by atoms with E-state index in [4.69, 9.17) is 10.5 Å². The average molecular weight is 441 g/mol. The van der Waals surface area contributed by atoms with E-state index in [0.717, 1.165) is 27.9 Å². The molecule has 0 fully saturated rings. The van der Waals surface area contributed by atoms with Crippen LogP contribution in [-0.2, 0) is 16.6 Å². The Morgan fingerprint density at radius 3 is 2.55 bits per heavy atom. The molecule has 1 amide bonds. The quantitative estimate of drug-likeness (QED) is 0.356. The van der Waals surface area contributed by atoms with Crippen LogP contribution in [0.5, 0.6) is 0 Å². The van der Waals surface area contributed by atoms with Crippen molar-refractivity contribution in [1.82, 2.24) is 14.5 Å². The lowest BCUT2D eigenvalue weighted by Gasteiger charge is -2.15. The number of esters is 1. The van der Waals surface area contributed by atoms with Crippen molar-refractivity contribution in [3.63, 3.8) is 0 Å². The first kappa shape index (κ1) is 21.8. The van der Waals surface area contributed by atoms with Gasteiger partial charge in [0.1, 0.15) is 17.8 Å². The molecule has 0 aliphatic heterocycles. The first-order valence-corrected chi connectivity index (χ1v) is 10.2. The number of fused-ring (bicyclic) bond motifs is 1. The molecule has 0 saturated carbocycles. The molecule has 2 aromatic carbocycles. The molecule has 33 heavy (non-hydrogen) atoms. The Labute approximate surface area is 190 Å². The van der Waals surface area contributed by atoms with Gasteiger partial charge in [0.15, 0.2) is 0 Å². The highest BCUT2D eigenvalue weighted by atomic mass is 16.5. The number of amides is 1. The van der Waals surface area contributed by atoms with Crippen molar-refractivity contribution >= 4 is 34.4 Å². The zero-order chi connectivity index (χ0) is 23.7. The third-order valence-corrected chi connectivity index (χ3v) is 5.46. The highest BCUT2D eigenvalue weighted by Crippen LogP contribution is 2.43. The minimum absolute atomic E-state index is 0.316. The van der Waals surface area contributed by atoms with Crippen LogP contribution in [0.15, 0.2) is 61.4 Å². The largest absolute Gasteiger partial charge is 0.465 e. The van der Waals surface area contributed by atoms with Crippen LogP contribution in [0.25, 0.3) is 33.4 Å².